The highest BCUT2D eigenvalue weighted by atomic mass is 16.2. The molecule has 2 amide bonds. The van der Waals surface area contributed by atoms with E-state index >= 15 is 0 Å². The molecule has 0 aliphatic heterocycles. The fourth-order valence-electron chi connectivity index (χ4n) is 3.06. The lowest BCUT2D eigenvalue weighted by atomic mass is 10.0. The van der Waals surface area contributed by atoms with E-state index in [1.54, 1.807) is 11.9 Å². The molecule has 0 bridgehead atoms. The average molecular weight is 238 g/mol. The molecule has 0 saturated heterocycles. The summed E-state index contributed by atoms with van der Waals surface area (Å²) in [4.78, 5) is 25.3. The quantitative estimate of drug-likeness (QED) is 0.790. The molecule has 0 radical (unpaired) electrons. The van der Waals surface area contributed by atoms with E-state index in [2.05, 4.69) is 5.32 Å². The van der Waals surface area contributed by atoms with Crippen LogP contribution in [0.4, 0.5) is 0 Å². The molecule has 3 unspecified atom stereocenters. The second-order valence-corrected chi connectivity index (χ2v) is 5.66. The first-order chi connectivity index (χ1) is 8.02. The summed E-state index contributed by atoms with van der Waals surface area (Å²) in [6, 6.07) is 0. The van der Waals surface area contributed by atoms with Gasteiger partial charge in [0.2, 0.25) is 11.8 Å². The van der Waals surface area contributed by atoms with Gasteiger partial charge in [-0.15, -0.1) is 0 Å². The van der Waals surface area contributed by atoms with Gasteiger partial charge in [0.05, 0.1) is 5.92 Å². The lowest BCUT2D eigenvalue weighted by Gasteiger charge is -2.24. The second-order valence-electron chi connectivity index (χ2n) is 5.66. The molecule has 2 aliphatic rings. The molecule has 0 spiro atoms. The Bertz CT molecular complexity index is 319. The summed E-state index contributed by atoms with van der Waals surface area (Å²) in [6.07, 6.45) is 3.48. The molecular formula is C13H22N2O2. The Kier molecular flexibility index (Phi) is 3.40. The standard InChI is InChI=1S/C13H22N2O2/c1-8(12(16)14-2)7-15(3)13(17)11-5-9-4-10(9)6-11/h8-11H,4-7H2,1-3H3,(H,14,16). The van der Waals surface area contributed by atoms with Crippen molar-refractivity contribution in [1.29, 1.82) is 0 Å². The van der Waals surface area contributed by atoms with Gasteiger partial charge in [-0.2, -0.15) is 0 Å². The van der Waals surface area contributed by atoms with Gasteiger partial charge >= 0.3 is 0 Å². The Hall–Kier alpha value is -1.06. The third kappa shape index (κ3) is 2.61. The molecule has 4 heteroatoms. The topological polar surface area (TPSA) is 49.4 Å². The summed E-state index contributed by atoms with van der Waals surface area (Å²) in [5, 5.41) is 2.62. The number of rotatable bonds is 4. The molecular weight excluding hydrogens is 216 g/mol. The van der Waals surface area contributed by atoms with Crippen molar-refractivity contribution in [3.63, 3.8) is 0 Å². The monoisotopic (exact) mass is 238 g/mol. The fraction of sp³-hybridized carbons (Fsp3) is 0.846. The number of fused-ring (bicyclic) bond motifs is 1. The summed E-state index contributed by atoms with van der Waals surface area (Å²) in [6.45, 7) is 2.37. The van der Waals surface area contributed by atoms with Gasteiger partial charge in [0.25, 0.3) is 0 Å². The van der Waals surface area contributed by atoms with Crippen LogP contribution in [0.5, 0.6) is 0 Å². The Morgan fingerprint density at radius 3 is 2.41 bits per heavy atom. The lowest BCUT2D eigenvalue weighted by molar-refractivity contribution is -0.135. The van der Waals surface area contributed by atoms with Crippen molar-refractivity contribution in [1.82, 2.24) is 10.2 Å². The first kappa shape index (κ1) is 12.4. The largest absolute Gasteiger partial charge is 0.359 e. The van der Waals surface area contributed by atoms with Crippen LogP contribution >= 0.6 is 0 Å². The number of carbonyl (C=O) groups excluding carboxylic acids is 2. The molecule has 4 nitrogen and oxygen atoms in total. The summed E-state index contributed by atoms with van der Waals surface area (Å²) in [7, 11) is 3.44. The number of amides is 2. The minimum Gasteiger partial charge on any atom is -0.359 e. The Balaban J connectivity index is 1.80. The molecule has 17 heavy (non-hydrogen) atoms. The summed E-state index contributed by atoms with van der Waals surface area (Å²) < 4.78 is 0. The van der Waals surface area contributed by atoms with Gasteiger partial charge in [-0.05, 0) is 31.1 Å². The molecule has 1 N–H and O–H groups in total. The molecule has 3 atom stereocenters. The predicted molar refractivity (Wildman–Crippen MR) is 65.2 cm³/mol. The maximum absolute atomic E-state index is 12.2. The van der Waals surface area contributed by atoms with Gasteiger partial charge in [-0.25, -0.2) is 0 Å². The third-order valence-corrected chi connectivity index (χ3v) is 4.21. The first-order valence-electron chi connectivity index (χ1n) is 6.49. The van der Waals surface area contributed by atoms with Gasteiger partial charge in [-0.3, -0.25) is 9.59 Å². The minimum absolute atomic E-state index is 0.00100. The Morgan fingerprint density at radius 2 is 1.88 bits per heavy atom. The summed E-state index contributed by atoms with van der Waals surface area (Å²) in [5.74, 6) is 1.97. The number of hydrogen-bond acceptors (Lipinski definition) is 2. The van der Waals surface area contributed by atoms with E-state index in [-0.39, 0.29) is 23.7 Å². The zero-order valence-corrected chi connectivity index (χ0v) is 10.9. The average Bonchev–Trinajstić information content (AvgIpc) is 2.93. The van der Waals surface area contributed by atoms with Crippen molar-refractivity contribution in [3.05, 3.63) is 0 Å². The van der Waals surface area contributed by atoms with Crippen LogP contribution in [-0.4, -0.2) is 37.4 Å². The van der Waals surface area contributed by atoms with Crippen molar-refractivity contribution in [2.45, 2.75) is 26.2 Å². The minimum atomic E-state index is -0.134. The molecule has 2 saturated carbocycles. The molecule has 2 aliphatic carbocycles. The van der Waals surface area contributed by atoms with E-state index in [0.717, 1.165) is 24.7 Å². The van der Waals surface area contributed by atoms with Gasteiger partial charge in [0.15, 0.2) is 0 Å². The summed E-state index contributed by atoms with van der Waals surface area (Å²) in [5.41, 5.74) is 0. The van der Waals surface area contributed by atoms with Gasteiger partial charge in [-0.1, -0.05) is 6.92 Å². The molecule has 0 aromatic rings. The zero-order chi connectivity index (χ0) is 12.6. The van der Waals surface area contributed by atoms with Crippen molar-refractivity contribution < 1.29 is 9.59 Å². The Morgan fingerprint density at radius 1 is 1.29 bits per heavy atom. The zero-order valence-electron chi connectivity index (χ0n) is 10.9. The van der Waals surface area contributed by atoms with Crippen LogP contribution in [-0.2, 0) is 9.59 Å². The van der Waals surface area contributed by atoms with E-state index in [1.807, 2.05) is 14.0 Å². The Labute approximate surface area is 103 Å². The van der Waals surface area contributed by atoms with Gasteiger partial charge in [0, 0.05) is 26.6 Å². The van der Waals surface area contributed by atoms with Crippen LogP contribution in [0.2, 0.25) is 0 Å². The van der Waals surface area contributed by atoms with Gasteiger partial charge in [0.1, 0.15) is 0 Å². The van der Waals surface area contributed by atoms with Crippen LogP contribution in [0, 0.1) is 23.7 Å². The molecule has 2 rings (SSSR count). The van der Waals surface area contributed by atoms with E-state index in [9.17, 15) is 9.59 Å². The fourth-order valence-corrected chi connectivity index (χ4v) is 3.06. The lowest BCUT2D eigenvalue weighted by Crippen LogP contribution is -2.39. The van der Waals surface area contributed by atoms with Crippen molar-refractivity contribution in [2.24, 2.45) is 23.7 Å². The second kappa shape index (κ2) is 4.67. The highest BCUT2D eigenvalue weighted by molar-refractivity contribution is 5.81. The number of hydrogen-bond donors (Lipinski definition) is 1. The third-order valence-electron chi connectivity index (χ3n) is 4.21. The van der Waals surface area contributed by atoms with Crippen LogP contribution in [0.25, 0.3) is 0 Å². The molecule has 0 aromatic heterocycles. The molecule has 0 aromatic carbocycles. The predicted octanol–water partition coefficient (Wildman–Crippen LogP) is 0.873. The first-order valence-corrected chi connectivity index (χ1v) is 6.49. The highest BCUT2D eigenvalue weighted by Gasteiger charge is 2.48. The molecule has 96 valence electrons. The van der Waals surface area contributed by atoms with Crippen LogP contribution in [0.15, 0.2) is 0 Å². The van der Waals surface area contributed by atoms with Crippen molar-refractivity contribution in [3.8, 4) is 0 Å². The molecule has 2 fully saturated rings. The molecule has 0 heterocycles. The maximum Gasteiger partial charge on any atom is 0.225 e. The van der Waals surface area contributed by atoms with E-state index in [0.29, 0.717) is 6.54 Å². The highest BCUT2D eigenvalue weighted by Crippen LogP contribution is 2.54. The number of nitrogens with zero attached hydrogens (tertiary/aromatic N) is 1. The van der Waals surface area contributed by atoms with Crippen LogP contribution in [0.1, 0.15) is 26.2 Å². The van der Waals surface area contributed by atoms with Crippen LogP contribution < -0.4 is 5.32 Å². The van der Waals surface area contributed by atoms with Gasteiger partial charge < -0.3 is 10.2 Å². The van der Waals surface area contributed by atoms with E-state index in [4.69, 9.17) is 0 Å². The number of carbonyl (C=O) groups is 2. The van der Waals surface area contributed by atoms with E-state index in [1.165, 1.54) is 6.42 Å². The van der Waals surface area contributed by atoms with E-state index < -0.39 is 0 Å². The SMILES string of the molecule is CNC(=O)C(C)CN(C)C(=O)C1CC2CC2C1. The number of nitrogens with one attached hydrogen (secondary N) is 1. The van der Waals surface area contributed by atoms with Crippen molar-refractivity contribution in [2.75, 3.05) is 20.6 Å². The smallest absolute Gasteiger partial charge is 0.225 e. The van der Waals surface area contributed by atoms with Crippen LogP contribution in [0.3, 0.4) is 0 Å². The summed E-state index contributed by atoms with van der Waals surface area (Å²) >= 11 is 0. The van der Waals surface area contributed by atoms with Crippen molar-refractivity contribution >= 4 is 11.8 Å². The maximum atomic E-state index is 12.2. The normalized spacial score (nSPS) is 31.6.